The maximum absolute atomic E-state index is 10.6. The van der Waals surface area contributed by atoms with Crippen molar-refractivity contribution in [2.45, 2.75) is 6.42 Å². The quantitative estimate of drug-likeness (QED) is 0.530. The van der Waals surface area contributed by atoms with E-state index in [0.717, 1.165) is 5.56 Å². The molecule has 12 heavy (non-hydrogen) atoms. The standard InChI is InChI=1S/C8H10N2O2/c1-12-8(11)4-2-3-7-5-9-10-6-7/h2,4-6H,3H2,1H3,(H,9,10)/b4-2+. The summed E-state index contributed by atoms with van der Waals surface area (Å²) in [6.07, 6.45) is 7.30. The predicted molar refractivity (Wildman–Crippen MR) is 43.4 cm³/mol. The van der Waals surface area contributed by atoms with Crippen molar-refractivity contribution < 1.29 is 9.53 Å². The SMILES string of the molecule is COC(=O)/C=C/Cc1cn[nH]c1. The fraction of sp³-hybridized carbons (Fsp3) is 0.250. The van der Waals surface area contributed by atoms with Crippen LogP contribution in [-0.2, 0) is 16.0 Å². The van der Waals surface area contributed by atoms with Gasteiger partial charge in [0.2, 0.25) is 0 Å². The van der Waals surface area contributed by atoms with Crippen LogP contribution in [0.4, 0.5) is 0 Å². The van der Waals surface area contributed by atoms with Crippen LogP contribution in [0.2, 0.25) is 0 Å². The van der Waals surface area contributed by atoms with Gasteiger partial charge in [0.1, 0.15) is 0 Å². The van der Waals surface area contributed by atoms with E-state index in [-0.39, 0.29) is 5.97 Å². The molecule has 1 rings (SSSR count). The Kier molecular flexibility index (Phi) is 3.07. The zero-order valence-electron chi connectivity index (χ0n) is 6.78. The highest BCUT2D eigenvalue weighted by Gasteiger charge is 1.91. The van der Waals surface area contributed by atoms with Gasteiger partial charge in [-0.05, 0) is 12.0 Å². The first kappa shape index (κ1) is 8.52. The van der Waals surface area contributed by atoms with Crippen molar-refractivity contribution in [1.82, 2.24) is 10.2 Å². The molecule has 0 unspecified atom stereocenters. The van der Waals surface area contributed by atoms with Gasteiger partial charge in [-0.1, -0.05) is 6.08 Å². The number of carbonyl (C=O) groups is 1. The summed E-state index contributed by atoms with van der Waals surface area (Å²) in [5, 5.41) is 6.45. The number of hydrogen-bond donors (Lipinski definition) is 1. The van der Waals surface area contributed by atoms with Crippen molar-refractivity contribution in [2.75, 3.05) is 7.11 Å². The van der Waals surface area contributed by atoms with E-state index in [1.807, 2.05) is 0 Å². The molecule has 4 nitrogen and oxygen atoms in total. The summed E-state index contributed by atoms with van der Waals surface area (Å²) in [5.74, 6) is -0.335. The number of carbonyl (C=O) groups excluding carboxylic acids is 1. The number of allylic oxidation sites excluding steroid dienone is 1. The highest BCUT2D eigenvalue weighted by Crippen LogP contribution is 1.95. The number of hydrogen-bond acceptors (Lipinski definition) is 3. The van der Waals surface area contributed by atoms with Gasteiger partial charge in [-0.25, -0.2) is 4.79 Å². The summed E-state index contributed by atoms with van der Waals surface area (Å²) in [7, 11) is 1.35. The van der Waals surface area contributed by atoms with Crippen LogP contribution in [0, 0.1) is 0 Å². The zero-order valence-corrected chi connectivity index (χ0v) is 6.78. The Balaban J connectivity index is 2.35. The molecular formula is C8H10N2O2. The Bertz CT molecular complexity index is 265. The molecule has 0 radical (unpaired) electrons. The molecule has 0 fully saturated rings. The maximum atomic E-state index is 10.6. The summed E-state index contributed by atoms with van der Waals surface area (Å²) >= 11 is 0. The molecular weight excluding hydrogens is 156 g/mol. The Hall–Kier alpha value is -1.58. The first-order valence-electron chi connectivity index (χ1n) is 3.55. The molecule has 1 N–H and O–H groups in total. The fourth-order valence-corrected chi connectivity index (χ4v) is 0.749. The van der Waals surface area contributed by atoms with Crippen LogP contribution in [0.1, 0.15) is 5.56 Å². The first-order valence-corrected chi connectivity index (χ1v) is 3.55. The van der Waals surface area contributed by atoms with Gasteiger partial charge in [-0.2, -0.15) is 5.10 Å². The first-order chi connectivity index (χ1) is 5.83. The molecule has 0 spiro atoms. The van der Waals surface area contributed by atoms with Crippen molar-refractivity contribution in [3.8, 4) is 0 Å². The average molecular weight is 166 g/mol. The smallest absolute Gasteiger partial charge is 0.330 e. The number of ether oxygens (including phenoxy) is 1. The third kappa shape index (κ3) is 2.57. The topological polar surface area (TPSA) is 55.0 Å². The van der Waals surface area contributed by atoms with E-state index in [0.29, 0.717) is 6.42 Å². The van der Waals surface area contributed by atoms with Crippen LogP contribution in [0.25, 0.3) is 0 Å². The van der Waals surface area contributed by atoms with Crippen LogP contribution in [-0.4, -0.2) is 23.3 Å². The summed E-state index contributed by atoms with van der Waals surface area (Å²) in [4.78, 5) is 10.6. The van der Waals surface area contributed by atoms with Gasteiger partial charge in [0, 0.05) is 12.3 Å². The lowest BCUT2D eigenvalue weighted by Gasteiger charge is -1.88. The summed E-state index contributed by atoms with van der Waals surface area (Å²) in [5.41, 5.74) is 1.04. The third-order valence-corrected chi connectivity index (χ3v) is 1.36. The number of rotatable bonds is 3. The lowest BCUT2D eigenvalue weighted by atomic mass is 10.2. The van der Waals surface area contributed by atoms with E-state index in [1.165, 1.54) is 13.2 Å². The second-order valence-electron chi connectivity index (χ2n) is 2.24. The van der Waals surface area contributed by atoms with Gasteiger partial charge >= 0.3 is 5.97 Å². The summed E-state index contributed by atoms with van der Waals surface area (Å²) in [6, 6.07) is 0. The number of esters is 1. The van der Waals surface area contributed by atoms with Crippen molar-refractivity contribution >= 4 is 5.97 Å². The summed E-state index contributed by atoms with van der Waals surface area (Å²) < 4.78 is 4.42. The molecule has 0 atom stereocenters. The Labute approximate surface area is 70.2 Å². The number of aromatic amines is 1. The number of nitrogens with zero attached hydrogens (tertiary/aromatic N) is 1. The highest BCUT2D eigenvalue weighted by atomic mass is 16.5. The van der Waals surface area contributed by atoms with Crippen LogP contribution in [0.3, 0.4) is 0 Å². The molecule has 0 bridgehead atoms. The highest BCUT2D eigenvalue weighted by molar-refractivity contribution is 5.81. The van der Waals surface area contributed by atoms with E-state index in [9.17, 15) is 4.79 Å². The fourth-order valence-electron chi connectivity index (χ4n) is 0.749. The van der Waals surface area contributed by atoms with Crippen molar-refractivity contribution in [2.24, 2.45) is 0 Å². The van der Waals surface area contributed by atoms with Crippen molar-refractivity contribution in [1.29, 1.82) is 0 Å². The van der Waals surface area contributed by atoms with Crippen molar-refractivity contribution in [3.63, 3.8) is 0 Å². The van der Waals surface area contributed by atoms with Gasteiger partial charge < -0.3 is 4.74 Å². The Morgan fingerprint density at radius 2 is 2.67 bits per heavy atom. The van der Waals surface area contributed by atoms with Gasteiger partial charge in [0.25, 0.3) is 0 Å². The molecule has 64 valence electrons. The molecule has 1 heterocycles. The number of nitrogens with one attached hydrogen (secondary N) is 1. The predicted octanol–water partition coefficient (Wildman–Crippen LogP) is 0.681. The molecule has 4 heteroatoms. The van der Waals surface area contributed by atoms with E-state index in [1.54, 1.807) is 18.5 Å². The van der Waals surface area contributed by atoms with Crippen LogP contribution < -0.4 is 0 Å². The lowest BCUT2D eigenvalue weighted by Crippen LogP contribution is -1.93. The van der Waals surface area contributed by atoms with Crippen LogP contribution >= 0.6 is 0 Å². The minimum atomic E-state index is -0.335. The van der Waals surface area contributed by atoms with E-state index in [2.05, 4.69) is 14.9 Å². The van der Waals surface area contributed by atoms with E-state index < -0.39 is 0 Å². The number of methoxy groups -OCH3 is 1. The molecule has 0 aliphatic rings. The summed E-state index contributed by atoms with van der Waals surface area (Å²) in [6.45, 7) is 0. The Morgan fingerprint density at radius 1 is 1.83 bits per heavy atom. The van der Waals surface area contributed by atoms with Crippen LogP contribution in [0.5, 0.6) is 0 Å². The molecule has 0 saturated heterocycles. The molecule has 0 aliphatic heterocycles. The van der Waals surface area contributed by atoms with Gasteiger partial charge in [-0.3, -0.25) is 5.10 Å². The second-order valence-corrected chi connectivity index (χ2v) is 2.24. The lowest BCUT2D eigenvalue weighted by molar-refractivity contribution is -0.134. The third-order valence-electron chi connectivity index (χ3n) is 1.36. The zero-order chi connectivity index (χ0) is 8.81. The monoisotopic (exact) mass is 166 g/mol. The molecule has 0 aromatic carbocycles. The van der Waals surface area contributed by atoms with Gasteiger partial charge in [0.05, 0.1) is 13.3 Å². The maximum Gasteiger partial charge on any atom is 0.330 e. The van der Waals surface area contributed by atoms with Crippen molar-refractivity contribution in [3.05, 3.63) is 30.1 Å². The van der Waals surface area contributed by atoms with E-state index in [4.69, 9.17) is 0 Å². The molecule has 1 aromatic heterocycles. The minimum Gasteiger partial charge on any atom is -0.466 e. The molecule has 0 saturated carbocycles. The average Bonchev–Trinajstić information content (AvgIpc) is 2.57. The van der Waals surface area contributed by atoms with Crippen LogP contribution in [0.15, 0.2) is 24.5 Å². The molecule has 0 amide bonds. The normalized spacial score (nSPS) is 10.4. The molecule has 0 aliphatic carbocycles. The largest absolute Gasteiger partial charge is 0.466 e. The minimum absolute atomic E-state index is 0.335. The number of H-pyrrole nitrogens is 1. The van der Waals surface area contributed by atoms with Gasteiger partial charge in [0.15, 0.2) is 0 Å². The molecule has 1 aromatic rings. The number of aromatic nitrogens is 2. The van der Waals surface area contributed by atoms with Gasteiger partial charge in [-0.15, -0.1) is 0 Å². The Morgan fingerprint density at radius 3 is 3.25 bits per heavy atom. The van der Waals surface area contributed by atoms with E-state index >= 15 is 0 Å². The second kappa shape index (κ2) is 4.33.